The lowest BCUT2D eigenvalue weighted by atomic mass is 10.1. The summed E-state index contributed by atoms with van der Waals surface area (Å²) in [6.07, 6.45) is 0.819. The van der Waals surface area contributed by atoms with Crippen molar-refractivity contribution < 1.29 is 9.59 Å². The Hall–Kier alpha value is -2.64. The van der Waals surface area contributed by atoms with Crippen molar-refractivity contribution in [3.8, 4) is 10.6 Å². The second kappa shape index (κ2) is 8.16. The molecule has 0 bridgehead atoms. The first-order valence-electron chi connectivity index (χ1n) is 8.07. The molecule has 0 saturated carbocycles. The molecule has 1 aromatic carbocycles. The number of nitrogens with zero attached hydrogens (tertiary/aromatic N) is 1. The molecular weight excluding hydrogens is 372 g/mol. The number of thiophene rings is 1. The van der Waals surface area contributed by atoms with Gasteiger partial charge < -0.3 is 10.6 Å². The molecule has 0 fully saturated rings. The minimum Gasteiger partial charge on any atom is -0.352 e. The molecule has 0 aliphatic carbocycles. The van der Waals surface area contributed by atoms with Crippen LogP contribution in [0.2, 0.25) is 5.02 Å². The Morgan fingerprint density at radius 3 is 2.81 bits per heavy atom. The maximum absolute atomic E-state index is 12.5. The predicted molar refractivity (Wildman–Crippen MR) is 104 cm³/mol. The molecule has 134 valence electrons. The van der Waals surface area contributed by atoms with Crippen molar-refractivity contribution in [3.63, 3.8) is 0 Å². The summed E-state index contributed by atoms with van der Waals surface area (Å²) in [4.78, 5) is 25.8. The van der Waals surface area contributed by atoms with Crippen LogP contribution in [0.25, 0.3) is 10.6 Å². The number of anilines is 1. The molecular formula is C18H17ClN4O2S. The molecule has 0 saturated heterocycles. The Kier molecular flexibility index (Phi) is 5.70. The number of nitrogens with one attached hydrogen (secondary N) is 3. The molecule has 6 nitrogen and oxygen atoms in total. The zero-order valence-electron chi connectivity index (χ0n) is 14.0. The summed E-state index contributed by atoms with van der Waals surface area (Å²) in [5, 5.41) is 14.8. The number of aromatic nitrogens is 2. The maximum Gasteiger partial charge on any atom is 0.276 e. The Labute approximate surface area is 159 Å². The number of carbonyl (C=O) groups excluding carboxylic acids is 2. The molecule has 3 rings (SSSR count). The van der Waals surface area contributed by atoms with Gasteiger partial charge in [-0.2, -0.15) is 5.10 Å². The van der Waals surface area contributed by atoms with E-state index in [1.54, 1.807) is 35.6 Å². The molecule has 0 radical (unpaired) electrons. The highest BCUT2D eigenvalue weighted by atomic mass is 35.5. The lowest BCUT2D eigenvalue weighted by Gasteiger charge is -2.11. The van der Waals surface area contributed by atoms with Gasteiger partial charge in [0.15, 0.2) is 5.69 Å². The molecule has 3 N–H and O–H groups in total. The van der Waals surface area contributed by atoms with Gasteiger partial charge in [0.1, 0.15) is 0 Å². The molecule has 0 unspecified atom stereocenters. The van der Waals surface area contributed by atoms with Gasteiger partial charge in [0.05, 0.1) is 21.8 Å². The molecule has 2 aromatic heterocycles. The van der Waals surface area contributed by atoms with Crippen molar-refractivity contribution in [1.29, 1.82) is 0 Å². The Bertz CT molecular complexity index is 921. The molecule has 2 amide bonds. The maximum atomic E-state index is 12.5. The van der Waals surface area contributed by atoms with Crippen molar-refractivity contribution in [1.82, 2.24) is 15.5 Å². The van der Waals surface area contributed by atoms with Gasteiger partial charge in [-0.3, -0.25) is 14.7 Å². The Morgan fingerprint density at radius 2 is 2.08 bits per heavy atom. The highest BCUT2D eigenvalue weighted by Gasteiger charge is 2.17. The number of aromatic amines is 1. The van der Waals surface area contributed by atoms with E-state index < -0.39 is 5.91 Å². The fraction of sp³-hybridized carbons (Fsp3) is 0.167. The van der Waals surface area contributed by atoms with E-state index in [1.165, 1.54) is 0 Å². The zero-order chi connectivity index (χ0) is 18.5. The van der Waals surface area contributed by atoms with Crippen LogP contribution < -0.4 is 10.6 Å². The standard InChI is InChI=1S/C18H17ClN4O2S/c1-2-7-20-17(24)12-6-5-11(19)9-13(12)21-18(25)15-10-14(22-23-15)16-4-3-8-26-16/h3-6,8-10H,2,7H2,1H3,(H,20,24)(H,21,25)(H,22,23). The summed E-state index contributed by atoms with van der Waals surface area (Å²) < 4.78 is 0. The first-order valence-corrected chi connectivity index (χ1v) is 9.32. The average Bonchev–Trinajstić information content (AvgIpc) is 3.30. The molecule has 0 spiro atoms. The number of amides is 2. The highest BCUT2D eigenvalue weighted by molar-refractivity contribution is 7.13. The minimum absolute atomic E-state index is 0.230. The number of rotatable bonds is 6. The molecule has 0 aliphatic rings. The molecule has 0 aliphatic heterocycles. The third-order valence-electron chi connectivity index (χ3n) is 3.61. The fourth-order valence-corrected chi connectivity index (χ4v) is 3.20. The molecule has 26 heavy (non-hydrogen) atoms. The van der Waals surface area contributed by atoms with Crippen molar-refractivity contribution in [2.24, 2.45) is 0 Å². The van der Waals surface area contributed by atoms with Crippen LogP contribution in [-0.2, 0) is 0 Å². The van der Waals surface area contributed by atoms with Crippen LogP contribution in [-0.4, -0.2) is 28.6 Å². The van der Waals surface area contributed by atoms with Gasteiger partial charge in [-0.25, -0.2) is 0 Å². The minimum atomic E-state index is -0.420. The lowest BCUT2D eigenvalue weighted by molar-refractivity contribution is 0.0954. The van der Waals surface area contributed by atoms with Crippen LogP contribution >= 0.6 is 22.9 Å². The number of carbonyl (C=O) groups is 2. The van der Waals surface area contributed by atoms with Gasteiger partial charge in [0.2, 0.25) is 0 Å². The Balaban J connectivity index is 1.81. The van der Waals surface area contributed by atoms with E-state index in [1.807, 2.05) is 24.4 Å². The summed E-state index contributed by atoms with van der Waals surface area (Å²) in [7, 11) is 0. The number of hydrogen-bond acceptors (Lipinski definition) is 4. The fourth-order valence-electron chi connectivity index (χ4n) is 2.33. The summed E-state index contributed by atoms with van der Waals surface area (Å²) in [5.41, 5.74) is 1.69. The molecule has 0 atom stereocenters. The topological polar surface area (TPSA) is 86.9 Å². The van der Waals surface area contributed by atoms with Crippen LogP contribution in [0.1, 0.15) is 34.2 Å². The monoisotopic (exact) mass is 388 g/mol. The van der Waals surface area contributed by atoms with E-state index in [0.717, 1.165) is 17.0 Å². The predicted octanol–water partition coefficient (Wildman–Crippen LogP) is 4.18. The number of halogens is 1. The SMILES string of the molecule is CCCNC(=O)c1ccc(Cl)cc1NC(=O)c1cc(-c2cccs2)[nH]n1. The van der Waals surface area contributed by atoms with E-state index in [-0.39, 0.29) is 11.6 Å². The second-order valence-corrected chi connectivity index (χ2v) is 6.93. The second-order valence-electron chi connectivity index (χ2n) is 5.54. The van der Waals surface area contributed by atoms with Crippen molar-refractivity contribution >= 4 is 40.4 Å². The number of benzene rings is 1. The highest BCUT2D eigenvalue weighted by Crippen LogP contribution is 2.24. The van der Waals surface area contributed by atoms with Crippen molar-refractivity contribution in [2.75, 3.05) is 11.9 Å². The van der Waals surface area contributed by atoms with Gasteiger partial charge in [-0.1, -0.05) is 24.6 Å². The van der Waals surface area contributed by atoms with E-state index >= 15 is 0 Å². The van der Waals surface area contributed by atoms with E-state index in [2.05, 4.69) is 20.8 Å². The molecule has 2 heterocycles. The smallest absolute Gasteiger partial charge is 0.276 e. The number of H-pyrrole nitrogens is 1. The van der Waals surface area contributed by atoms with Crippen LogP contribution in [0, 0.1) is 0 Å². The van der Waals surface area contributed by atoms with Gasteiger partial charge in [0.25, 0.3) is 11.8 Å². The molecule has 3 aromatic rings. The lowest BCUT2D eigenvalue weighted by Crippen LogP contribution is -2.26. The van der Waals surface area contributed by atoms with E-state index in [0.29, 0.717) is 22.8 Å². The third-order valence-corrected chi connectivity index (χ3v) is 4.75. The van der Waals surface area contributed by atoms with Crippen LogP contribution in [0.5, 0.6) is 0 Å². The van der Waals surface area contributed by atoms with Crippen LogP contribution in [0.4, 0.5) is 5.69 Å². The van der Waals surface area contributed by atoms with E-state index in [9.17, 15) is 9.59 Å². The number of hydrogen-bond donors (Lipinski definition) is 3. The normalized spacial score (nSPS) is 10.5. The van der Waals surface area contributed by atoms with Crippen LogP contribution in [0.3, 0.4) is 0 Å². The van der Waals surface area contributed by atoms with Gasteiger partial charge in [-0.05, 0) is 42.1 Å². The molecule has 8 heteroatoms. The summed E-state index contributed by atoms with van der Waals surface area (Å²) >= 11 is 7.57. The first kappa shape index (κ1) is 18.2. The van der Waals surface area contributed by atoms with Crippen molar-refractivity contribution in [2.45, 2.75) is 13.3 Å². The quantitative estimate of drug-likeness (QED) is 0.591. The first-order chi connectivity index (χ1) is 12.6. The van der Waals surface area contributed by atoms with Crippen molar-refractivity contribution in [3.05, 3.63) is 58.1 Å². The summed E-state index contributed by atoms with van der Waals surface area (Å²) in [6.45, 7) is 2.52. The van der Waals surface area contributed by atoms with Gasteiger partial charge in [-0.15, -0.1) is 11.3 Å². The Morgan fingerprint density at radius 1 is 1.23 bits per heavy atom. The average molecular weight is 389 g/mol. The van der Waals surface area contributed by atoms with E-state index in [4.69, 9.17) is 11.6 Å². The van der Waals surface area contributed by atoms with Crippen LogP contribution in [0.15, 0.2) is 41.8 Å². The van der Waals surface area contributed by atoms with Gasteiger partial charge >= 0.3 is 0 Å². The third kappa shape index (κ3) is 4.12. The van der Waals surface area contributed by atoms with Gasteiger partial charge in [0, 0.05) is 11.6 Å². The summed E-state index contributed by atoms with van der Waals surface area (Å²) in [6, 6.07) is 10.3. The summed E-state index contributed by atoms with van der Waals surface area (Å²) in [5.74, 6) is -0.684. The largest absolute Gasteiger partial charge is 0.352 e. The zero-order valence-corrected chi connectivity index (χ0v) is 15.6.